The number of ether oxygens (including phenoxy) is 1. The number of rotatable bonds is 6. The number of thiazole rings is 1. The average molecular weight is 423 g/mol. The van der Waals surface area contributed by atoms with Crippen LogP contribution in [0.2, 0.25) is 0 Å². The van der Waals surface area contributed by atoms with Gasteiger partial charge in [-0.15, -0.1) is 11.3 Å². The molecule has 0 aliphatic heterocycles. The van der Waals surface area contributed by atoms with Crippen molar-refractivity contribution in [3.05, 3.63) is 77.9 Å². The van der Waals surface area contributed by atoms with Gasteiger partial charge in [-0.3, -0.25) is 5.10 Å². The van der Waals surface area contributed by atoms with Gasteiger partial charge in [0.2, 0.25) is 5.13 Å². The predicted molar refractivity (Wildman–Crippen MR) is 108 cm³/mol. The van der Waals surface area contributed by atoms with Gasteiger partial charge in [-0.25, -0.2) is 13.4 Å². The number of benzene rings is 2. The van der Waals surface area contributed by atoms with Crippen LogP contribution >= 0.6 is 11.3 Å². The van der Waals surface area contributed by atoms with Crippen LogP contribution in [0.1, 0.15) is 5.56 Å². The van der Waals surface area contributed by atoms with Crippen molar-refractivity contribution >= 4 is 32.3 Å². The van der Waals surface area contributed by atoms with Crippen molar-refractivity contribution in [3.63, 3.8) is 0 Å². The molecule has 1 N–H and O–H groups in total. The molecule has 4 rings (SSSR count). The fourth-order valence-electron chi connectivity index (χ4n) is 2.63. The van der Waals surface area contributed by atoms with E-state index < -0.39 is 10.0 Å². The molecule has 0 aliphatic rings. The van der Waals surface area contributed by atoms with Gasteiger partial charge in [0.25, 0.3) is 10.0 Å². The monoisotopic (exact) mass is 423 g/mol. The highest BCUT2D eigenvalue weighted by Gasteiger charge is 2.33. The highest BCUT2D eigenvalue weighted by atomic mass is 32.2. The number of sulfonamides is 1. The third kappa shape index (κ3) is 3.56. The Kier molecular flexibility index (Phi) is 4.99. The van der Waals surface area contributed by atoms with E-state index >= 15 is 0 Å². The van der Waals surface area contributed by atoms with E-state index in [2.05, 4.69) is 15.2 Å². The fourth-order valence-corrected chi connectivity index (χ4v) is 5.06. The molecular formula is C19H13N5O3S2. The molecule has 0 fully saturated rings. The number of hydrogen-bond donors (Lipinski definition) is 1. The molecule has 2 heterocycles. The van der Waals surface area contributed by atoms with Crippen molar-refractivity contribution in [2.75, 3.05) is 4.31 Å². The first-order valence-corrected chi connectivity index (χ1v) is 10.6. The maximum absolute atomic E-state index is 13.7. The van der Waals surface area contributed by atoms with Gasteiger partial charge < -0.3 is 4.74 Å². The summed E-state index contributed by atoms with van der Waals surface area (Å²) in [4.78, 5) is 3.97. The van der Waals surface area contributed by atoms with Crippen LogP contribution in [0.5, 0.6) is 11.5 Å². The van der Waals surface area contributed by atoms with Crippen LogP contribution < -0.4 is 9.04 Å². The highest BCUT2D eigenvalue weighted by molar-refractivity contribution is 7.93. The average Bonchev–Trinajstić information content (AvgIpc) is 3.44. The summed E-state index contributed by atoms with van der Waals surface area (Å²) >= 11 is 1.15. The summed E-state index contributed by atoms with van der Waals surface area (Å²) in [7, 11) is -4.20. The summed E-state index contributed by atoms with van der Waals surface area (Å²) in [6, 6.07) is 16.6. The Bertz CT molecular complexity index is 1210. The molecule has 0 saturated carbocycles. The lowest BCUT2D eigenvalue weighted by molar-refractivity contribution is 0.466. The molecule has 29 heavy (non-hydrogen) atoms. The van der Waals surface area contributed by atoms with Crippen molar-refractivity contribution in [1.29, 1.82) is 5.26 Å². The SMILES string of the molecule is N#Cc1cccc(S(=O)(=O)N(c2ccn[nH]2)c2nccs2)c1Oc1ccccc1. The Morgan fingerprint density at radius 3 is 2.55 bits per heavy atom. The quantitative estimate of drug-likeness (QED) is 0.500. The van der Waals surface area contributed by atoms with Gasteiger partial charge in [0, 0.05) is 17.6 Å². The second kappa shape index (κ2) is 7.75. The molecular weight excluding hydrogens is 410 g/mol. The standard InChI is InChI=1S/C19H13N5O3S2/c20-13-14-5-4-8-16(18(14)27-15-6-2-1-3-7-15)29(25,26)24(17-9-10-22-23-17)19-21-11-12-28-19/h1-12H,(H,22,23). The van der Waals surface area contributed by atoms with E-state index in [4.69, 9.17) is 4.74 Å². The van der Waals surface area contributed by atoms with Gasteiger partial charge in [0.15, 0.2) is 5.75 Å². The van der Waals surface area contributed by atoms with Crippen LogP contribution in [0.3, 0.4) is 0 Å². The number of aromatic nitrogens is 3. The molecule has 0 saturated heterocycles. The maximum Gasteiger partial charge on any atom is 0.275 e. The van der Waals surface area contributed by atoms with E-state index in [1.807, 2.05) is 12.1 Å². The number of anilines is 2. The second-order valence-electron chi connectivity index (χ2n) is 5.69. The summed E-state index contributed by atoms with van der Waals surface area (Å²) in [6.45, 7) is 0. The largest absolute Gasteiger partial charge is 0.455 e. The molecule has 0 aliphatic carbocycles. The molecule has 10 heteroatoms. The van der Waals surface area contributed by atoms with Gasteiger partial charge in [0.1, 0.15) is 22.5 Å². The Morgan fingerprint density at radius 1 is 1.07 bits per heavy atom. The molecule has 2 aromatic heterocycles. The molecule has 0 spiro atoms. The van der Waals surface area contributed by atoms with Crippen molar-refractivity contribution in [3.8, 4) is 17.6 Å². The number of nitrogens with zero attached hydrogens (tertiary/aromatic N) is 4. The lowest BCUT2D eigenvalue weighted by atomic mass is 10.2. The van der Waals surface area contributed by atoms with Gasteiger partial charge in [-0.2, -0.15) is 14.7 Å². The summed E-state index contributed by atoms with van der Waals surface area (Å²) in [6.07, 6.45) is 2.95. The van der Waals surface area contributed by atoms with Crippen molar-refractivity contribution < 1.29 is 13.2 Å². The second-order valence-corrected chi connectivity index (χ2v) is 8.31. The van der Waals surface area contributed by atoms with Crippen molar-refractivity contribution in [2.45, 2.75) is 4.90 Å². The number of para-hydroxylation sites is 2. The van der Waals surface area contributed by atoms with E-state index in [0.717, 1.165) is 15.6 Å². The molecule has 2 aromatic carbocycles. The third-order valence-corrected chi connectivity index (χ3v) is 6.48. The first-order chi connectivity index (χ1) is 14.1. The van der Waals surface area contributed by atoms with Gasteiger partial charge >= 0.3 is 0 Å². The Hall–Kier alpha value is -3.68. The number of nitriles is 1. The zero-order chi connectivity index (χ0) is 20.3. The normalized spacial score (nSPS) is 11.0. The minimum atomic E-state index is -4.20. The van der Waals surface area contributed by atoms with Crippen LogP contribution in [0.4, 0.5) is 10.9 Å². The molecule has 8 nitrogen and oxygen atoms in total. The fraction of sp³-hybridized carbons (Fsp3) is 0. The number of hydrogen-bond acceptors (Lipinski definition) is 7. The van der Waals surface area contributed by atoms with Crippen molar-refractivity contribution in [2.24, 2.45) is 0 Å². The zero-order valence-electron chi connectivity index (χ0n) is 14.8. The molecule has 4 aromatic rings. The molecule has 0 atom stereocenters. The molecule has 0 radical (unpaired) electrons. The van der Waals surface area contributed by atoms with Crippen LogP contribution in [0, 0.1) is 11.3 Å². The number of nitrogens with one attached hydrogen (secondary N) is 1. The van der Waals surface area contributed by atoms with Gasteiger partial charge in [0.05, 0.1) is 11.8 Å². The van der Waals surface area contributed by atoms with E-state index in [1.165, 1.54) is 36.7 Å². The molecule has 0 amide bonds. The summed E-state index contributed by atoms with van der Waals surface area (Å²) < 4.78 is 34.2. The van der Waals surface area contributed by atoms with Crippen LogP contribution in [0.15, 0.2) is 77.3 Å². The molecule has 0 unspecified atom stereocenters. The first-order valence-electron chi connectivity index (χ1n) is 8.31. The van der Waals surface area contributed by atoms with E-state index in [-0.39, 0.29) is 27.2 Å². The Labute approximate surface area is 170 Å². The zero-order valence-corrected chi connectivity index (χ0v) is 16.4. The number of aromatic amines is 1. The first kappa shape index (κ1) is 18.7. The topological polar surface area (TPSA) is 112 Å². The smallest absolute Gasteiger partial charge is 0.275 e. The molecule has 144 valence electrons. The van der Waals surface area contributed by atoms with Crippen molar-refractivity contribution in [1.82, 2.24) is 15.2 Å². The van der Waals surface area contributed by atoms with E-state index in [9.17, 15) is 13.7 Å². The van der Waals surface area contributed by atoms with Gasteiger partial charge in [-0.1, -0.05) is 24.3 Å². The Balaban J connectivity index is 1.90. The van der Waals surface area contributed by atoms with Gasteiger partial charge in [-0.05, 0) is 24.3 Å². The summed E-state index contributed by atoms with van der Waals surface area (Å²) in [5.41, 5.74) is 0.0960. The lowest BCUT2D eigenvalue weighted by Crippen LogP contribution is -2.27. The summed E-state index contributed by atoms with van der Waals surface area (Å²) in [5.74, 6) is 0.573. The van der Waals surface area contributed by atoms with Crippen LogP contribution in [-0.2, 0) is 10.0 Å². The minimum absolute atomic E-state index is 0.0535. The molecule has 0 bridgehead atoms. The van der Waals surface area contributed by atoms with Crippen LogP contribution in [0.25, 0.3) is 0 Å². The third-order valence-electron chi connectivity index (χ3n) is 3.88. The predicted octanol–water partition coefficient (Wildman–Crippen LogP) is 4.06. The Morgan fingerprint density at radius 2 is 1.90 bits per heavy atom. The number of H-pyrrole nitrogens is 1. The van der Waals surface area contributed by atoms with E-state index in [0.29, 0.717) is 5.75 Å². The van der Waals surface area contributed by atoms with Crippen LogP contribution in [-0.4, -0.2) is 23.6 Å². The maximum atomic E-state index is 13.7. The highest BCUT2D eigenvalue weighted by Crippen LogP contribution is 2.38. The van der Waals surface area contributed by atoms with E-state index in [1.54, 1.807) is 29.6 Å². The summed E-state index contributed by atoms with van der Waals surface area (Å²) in [5, 5.41) is 17.9. The lowest BCUT2D eigenvalue weighted by Gasteiger charge is -2.21. The minimum Gasteiger partial charge on any atom is -0.455 e.